The number of nitrogens with one attached hydrogen (secondary N) is 1. The van der Waals surface area contributed by atoms with Crippen LogP contribution in [0.4, 0.5) is 5.82 Å². The predicted molar refractivity (Wildman–Crippen MR) is 98.4 cm³/mol. The van der Waals surface area contributed by atoms with Crippen LogP contribution in [0.25, 0.3) is 0 Å². The Kier molecular flexibility index (Phi) is 6.42. The monoisotopic (exact) mass is 367 g/mol. The average Bonchev–Trinajstić information content (AvgIpc) is 2.65. The minimum Gasteiger partial charge on any atom is -0.497 e. The highest BCUT2D eigenvalue weighted by Crippen LogP contribution is 2.27. The second-order valence-electron chi connectivity index (χ2n) is 5.31. The maximum Gasteiger partial charge on any atom is 0.230 e. The summed E-state index contributed by atoms with van der Waals surface area (Å²) in [4.78, 5) is 16.1. The van der Waals surface area contributed by atoms with E-state index in [2.05, 4.69) is 10.3 Å². The van der Waals surface area contributed by atoms with Crippen molar-refractivity contribution in [3.8, 4) is 17.9 Å². The molecule has 1 amide bonds. The van der Waals surface area contributed by atoms with Gasteiger partial charge in [-0.25, -0.2) is 4.98 Å². The number of nitriles is 2. The highest BCUT2D eigenvalue weighted by molar-refractivity contribution is 8.00. The van der Waals surface area contributed by atoms with E-state index >= 15 is 0 Å². The van der Waals surface area contributed by atoms with Gasteiger partial charge in [0.25, 0.3) is 0 Å². The van der Waals surface area contributed by atoms with E-state index in [1.807, 2.05) is 36.4 Å². The molecule has 0 aliphatic carbocycles. The predicted octanol–water partition coefficient (Wildman–Crippen LogP) is 2.13. The zero-order valence-electron chi connectivity index (χ0n) is 14.4. The summed E-state index contributed by atoms with van der Waals surface area (Å²) in [5, 5.41) is 21.5. The number of pyridine rings is 1. The topological polar surface area (TPSA) is 125 Å². The molecule has 0 aliphatic rings. The summed E-state index contributed by atoms with van der Waals surface area (Å²) in [6, 6.07) is 11.3. The fourth-order valence-electron chi connectivity index (χ4n) is 2.20. The molecule has 0 fully saturated rings. The third kappa shape index (κ3) is 4.44. The van der Waals surface area contributed by atoms with Crippen LogP contribution in [0.15, 0.2) is 29.3 Å². The summed E-state index contributed by atoms with van der Waals surface area (Å²) in [6.45, 7) is 2.03. The van der Waals surface area contributed by atoms with Crippen molar-refractivity contribution >= 4 is 23.5 Å². The van der Waals surface area contributed by atoms with Crippen LogP contribution in [0.1, 0.15) is 22.3 Å². The van der Waals surface area contributed by atoms with E-state index in [1.165, 1.54) is 0 Å². The fourth-order valence-corrected chi connectivity index (χ4v) is 3.08. The largest absolute Gasteiger partial charge is 0.497 e. The lowest BCUT2D eigenvalue weighted by molar-refractivity contribution is -0.118. The number of nitrogens with two attached hydrogens (primary N) is 1. The molecule has 132 valence electrons. The highest BCUT2D eigenvalue weighted by Gasteiger charge is 2.16. The summed E-state index contributed by atoms with van der Waals surface area (Å²) in [7, 11) is 1.59. The van der Waals surface area contributed by atoms with Gasteiger partial charge in [-0.1, -0.05) is 23.9 Å². The first-order valence-electron chi connectivity index (χ1n) is 7.62. The Morgan fingerprint density at radius 3 is 2.50 bits per heavy atom. The van der Waals surface area contributed by atoms with Gasteiger partial charge in [-0.15, -0.1) is 0 Å². The third-order valence-electron chi connectivity index (χ3n) is 3.65. The van der Waals surface area contributed by atoms with Gasteiger partial charge in [-0.05, 0) is 30.2 Å². The van der Waals surface area contributed by atoms with Crippen molar-refractivity contribution in [1.82, 2.24) is 10.3 Å². The van der Waals surface area contributed by atoms with E-state index in [4.69, 9.17) is 15.7 Å². The Morgan fingerprint density at radius 2 is 1.92 bits per heavy atom. The molecule has 26 heavy (non-hydrogen) atoms. The molecule has 0 unspecified atom stereocenters. The van der Waals surface area contributed by atoms with E-state index < -0.39 is 0 Å². The SMILES string of the molecule is COc1ccc(CNC(=O)CSc2nc(N)c(C#N)c(C)c2C#N)cc1. The molecular formula is C18H17N5O2S. The van der Waals surface area contributed by atoms with Crippen LogP contribution in [-0.4, -0.2) is 23.8 Å². The number of ether oxygens (including phenoxy) is 1. The van der Waals surface area contributed by atoms with Crippen molar-refractivity contribution in [2.45, 2.75) is 18.5 Å². The van der Waals surface area contributed by atoms with E-state index in [0.29, 0.717) is 17.1 Å². The van der Waals surface area contributed by atoms with E-state index in [0.717, 1.165) is 23.1 Å². The molecule has 2 rings (SSSR count). The molecule has 0 bridgehead atoms. The Morgan fingerprint density at radius 1 is 1.27 bits per heavy atom. The second-order valence-corrected chi connectivity index (χ2v) is 6.28. The molecule has 0 atom stereocenters. The Labute approximate surface area is 155 Å². The van der Waals surface area contributed by atoms with Crippen LogP contribution in [0.2, 0.25) is 0 Å². The van der Waals surface area contributed by atoms with Gasteiger partial charge >= 0.3 is 0 Å². The Balaban J connectivity index is 1.99. The maximum absolute atomic E-state index is 12.1. The Hall–Kier alpha value is -3.23. The number of amides is 1. The minimum atomic E-state index is -0.197. The number of nitrogen functional groups attached to an aromatic ring is 1. The van der Waals surface area contributed by atoms with Crippen molar-refractivity contribution in [3.63, 3.8) is 0 Å². The molecule has 0 aliphatic heterocycles. The van der Waals surface area contributed by atoms with Gasteiger partial charge in [0.1, 0.15) is 28.7 Å². The number of nitrogens with zero attached hydrogens (tertiary/aromatic N) is 3. The second kappa shape index (κ2) is 8.75. The first-order valence-corrected chi connectivity index (χ1v) is 8.61. The average molecular weight is 367 g/mol. The first-order chi connectivity index (χ1) is 12.5. The lowest BCUT2D eigenvalue weighted by atomic mass is 10.1. The maximum atomic E-state index is 12.1. The molecule has 1 aromatic carbocycles. The van der Waals surface area contributed by atoms with Crippen LogP contribution >= 0.6 is 11.8 Å². The van der Waals surface area contributed by atoms with Crippen molar-refractivity contribution in [1.29, 1.82) is 10.5 Å². The fraction of sp³-hybridized carbons (Fsp3) is 0.222. The molecule has 8 heteroatoms. The van der Waals surface area contributed by atoms with Crippen LogP contribution in [0, 0.1) is 29.6 Å². The summed E-state index contributed by atoms with van der Waals surface area (Å²) in [6.07, 6.45) is 0. The quantitative estimate of drug-likeness (QED) is 0.749. The number of thioether (sulfide) groups is 1. The molecule has 0 spiro atoms. The van der Waals surface area contributed by atoms with Gasteiger partial charge in [0.05, 0.1) is 24.0 Å². The third-order valence-corrected chi connectivity index (χ3v) is 4.63. The van der Waals surface area contributed by atoms with Gasteiger partial charge in [-0.2, -0.15) is 10.5 Å². The number of anilines is 1. The molecular weight excluding hydrogens is 350 g/mol. The smallest absolute Gasteiger partial charge is 0.230 e. The summed E-state index contributed by atoms with van der Waals surface area (Å²) in [5.74, 6) is 0.699. The van der Waals surface area contributed by atoms with Gasteiger partial charge < -0.3 is 15.8 Å². The van der Waals surface area contributed by atoms with Gasteiger partial charge in [0.15, 0.2) is 0 Å². The number of hydrogen-bond donors (Lipinski definition) is 2. The van der Waals surface area contributed by atoms with Crippen LogP contribution in [0.5, 0.6) is 5.75 Å². The molecule has 0 saturated heterocycles. The lowest BCUT2D eigenvalue weighted by Gasteiger charge is -2.10. The van der Waals surface area contributed by atoms with Crippen molar-refractivity contribution in [2.24, 2.45) is 0 Å². The van der Waals surface area contributed by atoms with Crippen LogP contribution in [-0.2, 0) is 11.3 Å². The van der Waals surface area contributed by atoms with Crippen molar-refractivity contribution in [2.75, 3.05) is 18.6 Å². The zero-order valence-corrected chi connectivity index (χ0v) is 15.2. The molecule has 2 aromatic rings. The van der Waals surface area contributed by atoms with Crippen LogP contribution in [0.3, 0.4) is 0 Å². The molecule has 1 aromatic heterocycles. The van der Waals surface area contributed by atoms with E-state index in [-0.39, 0.29) is 28.6 Å². The molecule has 0 saturated carbocycles. The van der Waals surface area contributed by atoms with Crippen LogP contribution < -0.4 is 15.8 Å². The molecule has 7 nitrogen and oxygen atoms in total. The van der Waals surface area contributed by atoms with Crippen molar-refractivity contribution in [3.05, 3.63) is 46.5 Å². The van der Waals surface area contributed by atoms with Crippen molar-refractivity contribution < 1.29 is 9.53 Å². The number of methoxy groups -OCH3 is 1. The standard InChI is InChI=1S/C18H17N5O2S/c1-11-14(7-19)17(21)23-18(15(11)8-20)26-10-16(24)22-9-12-3-5-13(25-2)6-4-12/h3-6H,9-10H2,1-2H3,(H2,21,23)(H,22,24). The molecule has 0 radical (unpaired) electrons. The summed E-state index contributed by atoms with van der Waals surface area (Å²) in [5.41, 5.74) is 7.63. The summed E-state index contributed by atoms with van der Waals surface area (Å²) >= 11 is 1.11. The number of aromatic nitrogens is 1. The van der Waals surface area contributed by atoms with Gasteiger partial charge in [-0.3, -0.25) is 4.79 Å². The zero-order chi connectivity index (χ0) is 19.1. The highest BCUT2D eigenvalue weighted by atomic mass is 32.2. The number of carbonyl (C=O) groups excluding carboxylic acids is 1. The van der Waals surface area contributed by atoms with Gasteiger partial charge in [0, 0.05) is 6.54 Å². The number of carbonyl (C=O) groups is 1. The minimum absolute atomic E-state index is 0.0603. The summed E-state index contributed by atoms with van der Waals surface area (Å²) < 4.78 is 5.09. The number of benzene rings is 1. The molecule has 1 heterocycles. The first kappa shape index (κ1) is 19.1. The number of rotatable bonds is 6. The normalized spacial score (nSPS) is 9.85. The molecule has 3 N–H and O–H groups in total. The number of hydrogen-bond acceptors (Lipinski definition) is 7. The lowest BCUT2D eigenvalue weighted by Crippen LogP contribution is -2.24. The van der Waals surface area contributed by atoms with E-state index in [1.54, 1.807) is 14.0 Å². The Bertz CT molecular complexity index is 898. The van der Waals surface area contributed by atoms with Gasteiger partial charge in [0.2, 0.25) is 5.91 Å². The van der Waals surface area contributed by atoms with E-state index in [9.17, 15) is 10.1 Å².